The molecular formula is C26H21F3N6O2. The van der Waals surface area contributed by atoms with Crippen LogP contribution in [-0.4, -0.2) is 30.3 Å². The quantitative estimate of drug-likeness (QED) is 0.312. The monoisotopic (exact) mass is 506 g/mol. The lowest BCUT2D eigenvalue weighted by Crippen LogP contribution is -2.12. The molecule has 0 fully saturated rings. The minimum atomic E-state index is -2.88. The highest BCUT2D eigenvalue weighted by molar-refractivity contribution is 6.08. The van der Waals surface area contributed by atoms with E-state index in [-0.39, 0.29) is 23.6 Å². The number of aromatic nitrogens is 5. The second-order valence-corrected chi connectivity index (χ2v) is 8.43. The number of amides is 1. The van der Waals surface area contributed by atoms with Gasteiger partial charge in [0.05, 0.1) is 30.0 Å². The number of hydrogen-bond acceptors (Lipinski definition) is 5. The molecular weight excluding hydrogens is 485 g/mol. The maximum atomic E-state index is 13.8. The molecule has 0 aliphatic heterocycles. The van der Waals surface area contributed by atoms with E-state index in [9.17, 15) is 18.0 Å². The van der Waals surface area contributed by atoms with E-state index in [0.29, 0.717) is 11.3 Å². The van der Waals surface area contributed by atoms with Gasteiger partial charge >= 0.3 is 0 Å². The molecule has 5 rings (SSSR count). The molecule has 0 aliphatic carbocycles. The second kappa shape index (κ2) is 9.76. The third-order valence-electron chi connectivity index (χ3n) is 5.68. The van der Waals surface area contributed by atoms with Crippen LogP contribution in [0.4, 0.5) is 18.9 Å². The maximum Gasteiger partial charge on any atom is 0.280 e. The minimum absolute atomic E-state index is 0.00913. The molecule has 37 heavy (non-hydrogen) atoms. The Morgan fingerprint density at radius 1 is 1.05 bits per heavy atom. The lowest BCUT2D eigenvalue weighted by molar-refractivity contribution is 0.102. The fraction of sp³-hybridized carbons (Fsp3) is 0.154. The number of carbonyl (C=O) groups excluding carboxylic acids is 1. The number of rotatable bonds is 7. The normalized spacial score (nSPS) is 11.3. The van der Waals surface area contributed by atoms with E-state index < -0.39 is 23.8 Å². The highest BCUT2D eigenvalue weighted by Gasteiger charge is 2.22. The fourth-order valence-electron chi connectivity index (χ4n) is 3.86. The molecule has 11 heteroatoms. The highest BCUT2D eigenvalue weighted by Crippen LogP contribution is 2.27. The van der Waals surface area contributed by atoms with E-state index in [0.717, 1.165) is 21.4 Å². The van der Waals surface area contributed by atoms with Gasteiger partial charge in [-0.2, -0.15) is 10.2 Å². The Bertz CT molecular complexity index is 1590. The van der Waals surface area contributed by atoms with Gasteiger partial charge in [0.25, 0.3) is 12.3 Å². The lowest BCUT2D eigenvalue weighted by Gasteiger charge is -2.09. The first-order valence-corrected chi connectivity index (χ1v) is 11.2. The number of ether oxygens (including phenoxy) is 1. The minimum Gasteiger partial charge on any atom is -0.471 e. The van der Waals surface area contributed by atoms with E-state index >= 15 is 0 Å². The third kappa shape index (κ3) is 5.01. The van der Waals surface area contributed by atoms with Crippen LogP contribution >= 0.6 is 0 Å². The van der Waals surface area contributed by atoms with Gasteiger partial charge in [-0.1, -0.05) is 17.7 Å². The molecule has 0 unspecified atom stereocenters. The van der Waals surface area contributed by atoms with Crippen LogP contribution in [-0.2, 0) is 6.73 Å². The van der Waals surface area contributed by atoms with E-state index in [2.05, 4.69) is 20.5 Å². The lowest BCUT2D eigenvalue weighted by atomic mass is 10.1. The van der Waals surface area contributed by atoms with Crippen molar-refractivity contribution < 1.29 is 22.7 Å². The number of nitrogens with one attached hydrogen (secondary N) is 1. The molecule has 188 valence electrons. The third-order valence-corrected chi connectivity index (χ3v) is 5.68. The van der Waals surface area contributed by atoms with E-state index in [1.165, 1.54) is 47.4 Å². The van der Waals surface area contributed by atoms with Crippen LogP contribution in [0.5, 0.6) is 5.75 Å². The Kier molecular flexibility index (Phi) is 6.34. The summed E-state index contributed by atoms with van der Waals surface area (Å²) in [6, 6.07) is 12.3. The van der Waals surface area contributed by atoms with Crippen LogP contribution in [0.25, 0.3) is 16.9 Å². The van der Waals surface area contributed by atoms with Crippen LogP contribution in [0.3, 0.4) is 0 Å². The van der Waals surface area contributed by atoms with Crippen LogP contribution in [0.2, 0.25) is 0 Å². The summed E-state index contributed by atoms with van der Waals surface area (Å²) in [6.45, 7) is 4.07. The average molecular weight is 506 g/mol. The van der Waals surface area contributed by atoms with E-state index in [1.54, 1.807) is 6.20 Å². The number of alkyl halides is 2. The van der Waals surface area contributed by atoms with E-state index in [1.807, 2.05) is 32.0 Å². The SMILES string of the molecule is Cc1ccc(OCn2cc(NC(=O)c3cnn4c(C(F)F)cc(-c5ccc(F)cc5)nc34)cn2)c(C)c1. The summed E-state index contributed by atoms with van der Waals surface area (Å²) in [6.07, 6.45) is 1.31. The first-order valence-electron chi connectivity index (χ1n) is 11.2. The molecule has 2 aromatic carbocycles. The average Bonchev–Trinajstić information content (AvgIpc) is 3.50. The van der Waals surface area contributed by atoms with Crippen molar-refractivity contribution in [2.45, 2.75) is 27.0 Å². The summed E-state index contributed by atoms with van der Waals surface area (Å²) in [5.74, 6) is -0.354. The van der Waals surface area contributed by atoms with Gasteiger partial charge in [0, 0.05) is 5.56 Å². The Balaban J connectivity index is 1.37. The molecule has 8 nitrogen and oxygen atoms in total. The van der Waals surface area contributed by atoms with Gasteiger partial charge < -0.3 is 10.1 Å². The molecule has 0 saturated heterocycles. The van der Waals surface area contributed by atoms with Crippen molar-refractivity contribution in [2.24, 2.45) is 0 Å². The first-order chi connectivity index (χ1) is 17.8. The predicted octanol–water partition coefficient (Wildman–Crippen LogP) is 5.58. The molecule has 0 saturated carbocycles. The number of carbonyl (C=O) groups is 1. The van der Waals surface area contributed by atoms with Crippen molar-refractivity contribution in [2.75, 3.05) is 5.32 Å². The standard InChI is InChI=1S/C26H21F3N6O2/c1-15-3-8-23(16(2)9-15)37-14-34-13-19(11-30-34)32-26(36)20-12-31-35-22(24(28)29)10-21(33-25(20)35)17-4-6-18(27)7-5-17/h3-13,24H,14H2,1-2H3,(H,32,36). The van der Waals surface area contributed by atoms with Crippen LogP contribution < -0.4 is 10.1 Å². The van der Waals surface area contributed by atoms with Crippen molar-refractivity contribution in [1.82, 2.24) is 24.4 Å². The number of aryl methyl sites for hydroxylation is 2. The molecule has 0 spiro atoms. The van der Waals surface area contributed by atoms with Gasteiger partial charge in [-0.05, 0) is 55.8 Å². The summed E-state index contributed by atoms with van der Waals surface area (Å²) >= 11 is 0. The van der Waals surface area contributed by atoms with Gasteiger partial charge in [-0.3, -0.25) is 4.79 Å². The maximum absolute atomic E-state index is 13.8. The molecule has 3 heterocycles. The van der Waals surface area contributed by atoms with Gasteiger partial charge in [0.1, 0.15) is 22.8 Å². The summed E-state index contributed by atoms with van der Waals surface area (Å²) in [7, 11) is 0. The molecule has 1 N–H and O–H groups in total. The first kappa shape index (κ1) is 24.0. The van der Waals surface area contributed by atoms with Crippen molar-refractivity contribution in [3.8, 4) is 17.0 Å². The second-order valence-electron chi connectivity index (χ2n) is 8.43. The zero-order valence-corrected chi connectivity index (χ0v) is 19.8. The zero-order valence-electron chi connectivity index (χ0n) is 19.8. The summed E-state index contributed by atoms with van der Waals surface area (Å²) < 4.78 is 49.1. The smallest absolute Gasteiger partial charge is 0.280 e. The number of anilines is 1. The largest absolute Gasteiger partial charge is 0.471 e. The number of nitrogens with zero attached hydrogens (tertiary/aromatic N) is 5. The fourth-order valence-corrected chi connectivity index (χ4v) is 3.86. The molecule has 0 atom stereocenters. The molecule has 3 aromatic heterocycles. The van der Waals surface area contributed by atoms with Crippen LogP contribution in [0, 0.1) is 19.7 Å². The number of hydrogen-bond donors (Lipinski definition) is 1. The zero-order chi connectivity index (χ0) is 26.1. The van der Waals surface area contributed by atoms with E-state index in [4.69, 9.17) is 4.74 Å². The molecule has 0 radical (unpaired) electrons. The summed E-state index contributed by atoms with van der Waals surface area (Å²) in [5, 5.41) is 10.8. The Morgan fingerprint density at radius 2 is 1.84 bits per heavy atom. The van der Waals surface area contributed by atoms with Gasteiger partial charge in [0.15, 0.2) is 12.4 Å². The van der Waals surface area contributed by atoms with Gasteiger partial charge in [0.2, 0.25) is 0 Å². The number of halogens is 3. The molecule has 0 aliphatic rings. The van der Waals surface area contributed by atoms with Gasteiger partial charge in [-0.25, -0.2) is 27.4 Å². The number of fused-ring (bicyclic) bond motifs is 1. The Hall–Kier alpha value is -4.67. The Morgan fingerprint density at radius 3 is 2.57 bits per heavy atom. The molecule has 0 bridgehead atoms. The molecule has 1 amide bonds. The topological polar surface area (TPSA) is 86.3 Å². The highest BCUT2D eigenvalue weighted by atomic mass is 19.3. The molecule has 5 aromatic rings. The van der Waals surface area contributed by atoms with Crippen molar-refractivity contribution in [3.63, 3.8) is 0 Å². The predicted molar refractivity (Wildman–Crippen MR) is 130 cm³/mol. The van der Waals surface area contributed by atoms with Crippen molar-refractivity contribution in [1.29, 1.82) is 0 Å². The summed E-state index contributed by atoms with van der Waals surface area (Å²) in [5.41, 5.74) is 2.56. The Labute approximate surface area is 209 Å². The summed E-state index contributed by atoms with van der Waals surface area (Å²) in [4.78, 5) is 17.4. The van der Waals surface area contributed by atoms with Crippen LogP contribution in [0.15, 0.2) is 67.1 Å². The van der Waals surface area contributed by atoms with Crippen LogP contribution in [0.1, 0.15) is 33.6 Å². The van der Waals surface area contributed by atoms with Crippen molar-refractivity contribution >= 4 is 17.2 Å². The van der Waals surface area contributed by atoms with Gasteiger partial charge in [-0.15, -0.1) is 0 Å². The number of benzene rings is 2. The van der Waals surface area contributed by atoms with Crippen molar-refractivity contribution in [3.05, 3.63) is 95.3 Å².